The molecule has 0 spiro atoms. The lowest BCUT2D eigenvalue weighted by Gasteiger charge is -2.35. The number of aliphatic hydroxyl groups is 1. The van der Waals surface area contributed by atoms with Gasteiger partial charge in [-0.1, -0.05) is 6.92 Å². The van der Waals surface area contributed by atoms with Crippen molar-refractivity contribution in [3.05, 3.63) is 11.9 Å². The minimum absolute atomic E-state index is 0.0765. The molecule has 108 valence electrons. The van der Waals surface area contributed by atoms with Crippen molar-refractivity contribution < 1.29 is 5.11 Å². The van der Waals surface area contributed by atoms with Gasteiger partial charge >= 0.3 is 0 Å². The highest BCUT2D eigenvalue weighted by molar-refractivity contribution is 5.50. The lowest BCUT2D eigenvalue weighted by molar-refractivity contribution is 0.215. The Bertz CT molecular complexity index is 382. The molecule has 0 radical (unpaired) electrons. The van der Waals surface area contributed by atoms with Crippen LogP contribution in [0.2, 0.25) is 0 Å². The Morgan fingerprint density at radius 1 is 1.32 bits per heavy atom. The molecule has 1 rings (SSSR count). The van der Waals surface area contributed by atoms with Gasteiger partial charge in [-0.2, -0.15) is 0 Å². The lowest BCUT2D eigenvalue weighted by Crippen LogP contribution is -2.45. The van der Waals surface area contributed by atoms with Crippen molar-refractivity contribution in [2.24, 2.45) is 0 Å². The van der Waals surface area contributed by atoms with E-state index in [2.05, 4.69) is 22.2 Å². The molecule has 0 atom stereocenters. The summed E-state index contributed by atoms with van der Waals surface area (Å²) in [6.45, 7) is 9.04. The SMILES string of the molecule is CCCc1nc(NCC)cc(N(C)C(C)(C)CO)n1. The van der Waals surface area contributed by atoms with Crippen molar-refractivity contribution in [1.82, 2.24) is 9.97 Å². The van der Waals surface area contributed by atoms with Crippen LogP contribution in [0, 0.1) is 0 Å². The quantitative estimate of drug-likeness (QED) is 0.791. The number of hydrogen-bond acceptors (Lipinski definition) is 5. The van der Waals surface area contributed by atoms with Crippen LogP contribution in [-0.4, -0.2) is 40.8 Å². The summed E-state index contributed by atoms with van der Waals surface area (Å²) in [6.07, 6.45) is 1.88. The predicted octanol–water partition coefficient (Wildman–Crippen LogP) is 2.07. The van der Waals surface area contributed by atoms with E-state index in [0.29, 0.717) is 0 Å². The Hall–Kier alpha value is -1.36. The summed E-state index contributed by atoms with van der Waals surface area (Å²) in [4.78, 5) is 11.1. The van der Waals surface area contributed by atoms with Gasteiger partial charge in [-0.3, -0.25) is 0 Å². The third kappa shape index (κ3) is 4.06. The first-order valence-corrected chi connectivity index (χ1v) is 6.91. The Balaban J connectivity index is 3.11. The summed E-state index contributed by atoms with van der Waals surface area (Å²) in [5.41, 5.74) is -0.346. The molecule has 0 fully saturated rings. The first-order valence-electron chi connectivity index (χ1n) is 6.91. The van der Waals surface area contributed by atoms with Crippen molar-refractivity contribution in [1.29, 1.82) is 0 Å². The summed E-state index contributed by atoms with van der Waals surface area (Å²) in [7, 11) is 1.95. The summed E-state index contributed by atoms with van der Waals surface area (Å²) in [5, 5.41) is 12.7. The molecule has 0 amide bonds. The summed E-state index contributed by atoms with van der Waals surface area (Å²) in [6, 6.07) is 1.93. The van der Waals surface area contributed by atoms with Crippen molar-refractivity contribution in [3.8, 4) is 0 Å². The van der Waals surface area contributed by atoms with Gasteiger partial charge in [-0.15, -0.1) is 0 Å². The molecular formula is C14H26N4O. The van der Waals surface area contributed by atoms with Crippen LogP contribution in [0.5, 0.6) is 0 Å². The maximum absolute atomic E-state index is 9.47. The summed E-state index contributed by atoms with van der Waals surface area (Å²) in [5.74, 6) is 2.53. The van der Waals surface area contributed by atoms with Crippen LogP contribution in [0.15, 0.2) is 6.07 Å². The normalized spacial score (nSPS) is 11.5. The van der Waals surface area contributed by atoms with Crippen LogP contribution in [0.4, 0.5) is 11.6 Å². The fourth-order valence-electron chi connectivity index (χ4n) is 1.68. The zero-order chi connectivity index (χ0) is 14.5. The molecule has 0 aliphatic rings. The highest BCUT2D eigenvalue weighted by atomic mass is 16.3. The number of hydrogen-bond donors (Lipinski definition) is 2. The van der Waals surface area contributed by atoms with Gasteiger partial charge in [0.15, 0.2) is 0 Å². The summed E-state index contributed by atoms with van der Waals surface area (Å²) < 4.78 is 0. The average molecular weight is 266 g/mol. The first kappa shape index (κ1) is 15.7. The zero-order valence-corrected chi connectivity index (χ0v) is 12.7. The third-order valence-electron chi connectivity index (χ3n) is 3.23. The van der Waals surface area contributed by atoms with Crippen LogP contribution in [0.1, 0.15) is 39.9 Å². The number of nitrogens with one attached hydrogen (secondary N) is 1. The molecule has 0 saturated carbocycles. The number of aliphatic hydroxyl groups excluding tert-OH is 1. The molecule has 19 heavy (non-hydrogen) atoms. The van der Waals surface area contributed by atoms with E-state index >= 15 is 0 Å². The monoisotopic (exact) mass is 266 g/mol. The fraction of sp³-hybridized carbons (Fsp3) is 0.714. The highest BCUT2D eigenvalue weighted by Gasteiger charge is 2.24. The second kappa shape index (κ2) is 6.70. The van der Waals surface area contributed by atoms with Gasteiger partial charge in [0, 0.05) is 26.1 Å². The minimum Gasteiger partial charge on any atom is -0.394 e. The maximum atomic E-state index is 9.47. The number of nitrogens with zero attached hydrogens (tertiary/aromatic N) is 3. The number of anilines is 2. The summed E-state index contributed by atoms with van der Waals surface area (Å²) >= 11 is 0. The highest BCUT2D eigenvalue weighted by Crippen LogP contribution is 2.22. The van der Waals surface area contributed by atoms with E-state index in [1.165, 1.54) is 0 Å². The third-order valence-corrected chi connectivity index (χ3v) is 3.23. The van der Waals surface area contributed by atoms with E-state index in [1.807, 2.05) is 38.8 Å². The molecule has 0 aliphatic carbocycles. The second-order valence-corrected chi connectivity index (χ2v) is 5.34. The lowest BCUT2D eigenvalue weighted by atomic mass is 10.1. The van der Waals surface area contributed by atoms with Gasteiger partial charge in [0.05, 0.1) is 12.1 Å². The molecule has 1 aromatic heterocycles. The van der Waals surface area contributed by atoms with Crippen molar-refractivity contribution >= 4 is 11.6 Å². The van der Waals surface area contributed by atoms with E-state index in [9.17, 15) is 5.11 Å². The van der Waals surface area contributed by atoms with Gasteiger partial charge in [0.2, 0.25) is 0 Å². The Morgan fingerprint density at radius 2 is 2.00 bits per heavy atom. The van der Waals surface area contributed by atoms with Gasteiger partial charge in [0.1, 0.15) is 17.5 Å². The maximum Gasteiger partial charge on any atom is 0.134 e. The van der Waals surface area contributed by atoms with Crippen LogP contribution >= 0.6 is 0 Å². The number of aryl methyl sites for hydroxylation is 1. The van der Waals surface area contributed by atoms with Crippen LogP contribution in [0.3, 0.4) is 0 Å². The predicted molar refractivity (Wildman–Crippen MR) is 79.8 cm³/mol. The van der Waals surface area contributed by atoms with Gasteiger partial charge in [-0.25, -0.2) is 9.97 Å². The molecule has 0 saturated heterocycles. The minimum atomic E-state index is -0.346. The molecule has 1 heterocycles. The fourth-order valence-corrected chi connectivity index (χ4v) is 1.68. The Labute approximate surface area is 116 Å². The molecular weight excluding hydrogens is 240 g/mol. The van der Waals surface area contributed by atoms with E-state index in [-0.39, 0.29) is 12.1 Å². The number of aromatic nitrogens is 2. The van der Waals surface area contributed by atoms with E-state index in [4.69, 9.17) is 0 Å². The molecule has 2 N–H and O–H groups in total. The standard InChI is InChI=1S/C14H26N4O/c1-6-8-11-16-12(15-7-2)9-13(17-11)18(5)14(3,4)10-19/h9,19H,6-8,10H2,1-5H3,(H,15,16,17). The van der Waals surface area contributed by atoms with Crippen LogP contribution in [0.25, 0.3) is 0 Å². The Morgan fingerprint density at radius 3 is 2.53 bits per heavy atom. The molecule has 1 aromatic rings. The van der Waals surface area contributed by atoms with Gasteiger partial charge in [-0.05, 0) is 27.2 Å². The van der Waals surface area contributed by atoms with Crippen molar-refractivity contribution in [2.75, 3.05) is 30.4 Å². The number of likely N-dealkylation sites (N-methyl/N-ethyl adjacent to an activating group) is 1. The molecule has 0 unspecified atom stereocenters. The van der Waals surface area contributed by atoms with Crippen LogP contribution in [-0.2, 0) is 6.42 Å². The molecule has 5 heteroatoms. The molecule has 5 nitrogen and oxygen atoms in total. The molecule has 0 aliphatic heterocycles. The average Bonchev–Trinajstić information content (AvgIpc) is 2.38. The topological polar surface area (TPSA) is 61.3 Å². The van der Waals surface area contributed by atoms with Crippen molar-refractivity contribution in [3.63, 3.8) is 0 Å². The molecule has 0 aromatic carbocycles. The largest absolute Gasteiger partial charge is 0.394 e. The van der Waals surface area contributed by atoms with E-state index in [0.717, 1.165) is 36.8 Å². The van der Waals surface area contributed by atoms with E-state index < -0.39 is 0 Å². The zero-order valence-electron chi connectivity index (χ0n) is 12.7. The van der Waals surface area contributed by atoms with Crippen LogP contribution < -0.4 is 10.2 Å². The van der Waals surface area contributed by atoms with Gasteiger partial charge < -0.3 is 15.3 Å². The van der Waals surface area contributed by atoms with Crippen molar-refractivity contribution in [2.45, 2.75) is 46.1 Å². The van der Waals surface area contributed by atoms with E-state index in [1.54, 1.807) is 0 Å². The van der Waals surface area contributed by atoms with Gasteiger partial charge in [0.25, 0.3) is 0 Å². The smallest absolute Gasteiger partial charge is 0.134 e. The second-order valence-electron chi connectivity index (χ2n) is 5.34. The molecule has 0 bridgehead atoms. The Kier molecular flexibility index (Phi) is 5.54. The first-order chi connectivity index (χ1) is 8.94. The number of rotatable bonds is 7.